The average molecular weight is 378 g/mol. The number of aliphatic hydroxyl groups is 1. The van der Waals surface area contributed by atoms with E-state index in [-0.39, 0.29) is 11.9 Å². The Labute approximate surface area is 163 Å². The predicted octanol–water partition coefficient (Wildman–Crippen LogP) is 1.49. The van der Waals surface area contributed by atoms with Crippen molar-refractivity contribution in [3.63, 3.8) is 0 Å². The van der Waals surface area contributed by atoms with Gasteiger partial charge in [-0.25, -0.2) is 0 Å². The van der Waals surface area contributed by atoms with E-state index < -0.39 is 6.10 Å². The molecule has 0 aliphatic carbocycles. The lowest BCUT2D eigenvalue weighted by atomic mass is 10.1. The number of benzene rings is 1. The number of carbonyl (C=O) groups is 1. The highest BCUT2D eigenvalue weighted by Crippen LogP contribution is 2.25. The van der Waals surface area contributed by atoms with Crippen LogP contribution in [-0.2, 0) is 4.79 Å². The van der Waals surface area contributed by atoms with Gasteiger partial charge in [-0.1, -0.05) is 12.1 Å². The molecule has 1 amide bonds. The molecule has 0 radical (unpaired) electrons. The maximum Gasteiger partial charge on any atom is 0.234 e. The largest absolute Gasteiger partial charge is 0.490 e. The fourth-order valence-corrected chi connectivity index (χ4v) is 3.38. The molecule has 152 valence electrons. The lowest BCUT2D eigenvalue weighted by Crippen LogP contribution is -2.51. The summed E-state index contributed by atoms with van der Waals surface area (Å²) in [5.74, 6) is 0.964. The molecule has 1 atom stereocenters. The van der Waals surface area contributed by atoms with Gasteiger partial charge in [0.1, 0.15) is 18.5 Å². The number of rotatable bonds is 8. The van der Waals surface area contributed by atoms with Crippen molar-refractivity contribution >= 4 is 5.91 Å². The second-order valence-corrected chi connectivity index (χ2v) is 7.92. The summed E-state index contributed by atoms with van der Waals surface area (Å²) >= 11 is 0. The van der Waals surface area contributed by atoms with Crippen molar-refractivity contribution < 1.29 is 14.6 Å². The van der Waals surface area contributed by atoms with Crippen LogP contribution in [0.15, 0.2) is 12.1 Å². The molecule has 1 aromatic rings. The van der Waals surface area contributed by atoms with Crippen molar-refractivity contribution in [2.75, 3.05) is 45.9 Å². The summed E-state index contributed by atoms with van der Waals surface area (Å²) in [4.78, 5) is 16.3. The van der Waals surface area contributed by atoms with E-state index >= 15 is 0 Å². The second-order valence-electron chi connectivity index (χ2n) is 7.92. The first-order valence-electron chi connectivity index (χ1n) is 9.88. The molecule has 1 fully saturated rings. The van der Waals surface area contributed by atoms with Crippen LogP contribution in [0.1, 0.15) is 30.5 Å². The summed E-state index contributed by atoms with van der Waals surface area (Å²) in [5, 5.41) is 13.3. The number of hydrogen-bond acceptors (Lipinski definition) is 5. The fraction of sp³-hybridized carbons (Fsp3) is 0.667. The van der Waals surface area contributed by atoms with E-state index in [1.165, 1.54) is 5.56 Å². The third-order valence-corrected chi connectivity index (χ3v) is 5.04. The van der Waals surface area contributed by atoms with E-state index in [1.54, 1.807) is 0 Å². The van der Waals surface area contributed by atoms with Crippen LogP contribution in [0.25, 0.3) is 0 Å². The molecule has 27 heavy (non-hydrogen) atoms. The van der Waals surface area contributed by atoms with E-state index in [1.807, 2.05) is 20.8 Å². The van der Waals surface area contributed by atoms with Gasteiger partial charge in [-0.15, -0.1) is 0 Å². The zero-order valence-electron chi connectivity index (χ0n) is 17.4. The van der Waals surface area contributed by atoms with Gasteiger partial charge in [-0.05, 0) is 51.3 Å². The Hall–Kier alpha value is -1.63. The van der Waals surface area contributed by atoms with Gasteiger partial charge in [-0.3, -0.25) is 14.6 Å². The first-order valence-corrected chi connectivity index (χ1v) is 9.88. The van der Waals surface area contributed by atoms with Crippen LogP contribution in [0, 0.1) is 20.8 Å². The molecule has 1 aromatic carbocycles. The van der Waals surface area contributed by atoms with Gasteiger partial charge in [0.15, 0.2) is 0 Å². The zero-order valence-corrected chi connectivity index (χ0v) is 17.4. The molecule has 0 bridgehead atoms. The summed E-state index contributed by atoms with van der Waals surface area (Å²) in [6, 6.07) is 4.32. The van der Waals surface area contributed by atoms with Crippen molar-refractivity contribution in [1.82, 2.24) is 15.1 Å². The van der Waals surface area contributed by atoms with Gasteiger partial charge < -0.3 is 15.2 Å². The predicted molar refractivity (Wildman–Crippen MR) is 108 cm³/mol. The molecular formula is C21H35N3O3. The van der Waals surface area contributed by atoms with E-state index in [4.69, 9.17) is 4.74 Å². The summed E-state index contributed by atoms with van der Waals surface area (Å²) in [7, 11) is 0. The number of hydrogen-bond donors (Lipinski definition) is 2. The molecule has 6 heteroatoms. The lowest BCUT2D eigenvalue weighted by molar-refractivity contribution is -0.123. The molecule has 1 saturated heterocycles. The van der Waals surface area contributed by atoms with Crippen LogP contribution in [-0.4, -0.2) is 78.8 Å². The van der Waals surface area contributed by atoms with Crippen molar-refractivity contribution in [3.8, 4) is 5.75 Å². The molecule has 1 aliphatic rings. The van der Waals surface area contributed by atoms with E-state index in [2.05, 4.69) is 41.1 Å². The van der Waals surface area contributed by atoms with Crippen LogP contribution >= 0.6 is 0 Å². The average Bonchev–Trinajstić information content (AvgIpc) is 2.59. The van der Waals surface area contributed by atoms with Crippen molar-refractivity contribution in [1.29, 1.82) is 0 Å². The number of nitrogens with zero attached hydrogens (tertiary/aromatic N) is 2. The van der Waals surface area contributed by atoms with Crippen molar-refractivity contribution in [3.05, 3.63) is 28.8 Å². The number of ether oxygens (including phenoxy) is 1. The van der Waals surface area contributed by atoms with E-state index in [0.717, 1.165) is 43.1 Å². The van der Waals surface area contributed by atoms with Gasteiger partial charge in [0.2, 0.25) is 5.91 Å². The first-order chi connectivity index (χ1) is 12.8. The van der Waals surface area contributed by atoms with Crippen LogP contribution in [0.4, 0.5) is 0 Å². The Morgan fingerprint density at radius 3 is 2.33 bits per heavy atom. The van der Waals surface area contributed by atoms with Crippen molar-refractivity contribution in [2.45, 2.75) is 46.8 Å². The number of nitrogens with one attached hydrogen (secondary N) is 1. The Morgan fingerprint density at radius 1 is 1.11 bits per heavy atom. The number of β-amino-alcohol motifs (C(OH)–C–C–N with tert-alkyl or cyclic N) is 1. The highest BCUT2D eigenvalue weighted by molar-refractivity contribution is 5.78. The maximum absolute atomic E-state index is 11.9. The molecule has 1 unspecified atom stereocenters. The number of amides is 1. The lowest BCUT2D eigenvalue weighted by Gasteiger charge is -2.35. The van der Waals surface area contributed by atoms with Crippen LogP contribution < -0.4 is 10.1 Å². The third kappa shape index (κ3) is 6.79. The number of aliphatic hydroxyl groups excluding tert-OH is 1. The maximum atomic E-state index is 11.9. The molecule has 0 spiro atoms. The normalized spacial score (nSPS) is 17.1. The van der Waals surface area contributed by atoms with Crippen LogP contribution in [0.3, 0.4) is 0 Å². The topological polar surface area (TPSA) is 65.0 Å². The van der Waals surface area contributed by atoms with E-state index in [0.29, 0.717) is 19.7 Å². The highest BCUT2D eigenvalue weighted by atomic mass is 16.5. The van der Waals surface area contributed by atoms with E-state index in [9.17, 15) is 9.90 Å². The van der Waals surface area contributed by atoms with Gasteiger partial charge in [0, 0.05) is 38.8 Å². The Morgan fingerprint density at radius 2 is 1.70 bits per heavy atom. The molecule has 1 heterocycles. The first kappa shape index (κ1) is 21.7. The molecule has 2 N–H and O–H groups in total. The third-order valence-electron chi connectivity index (χ3n) is 5.04. The minimum atomic E-state index is -0.528. The Kier molecular flexibility index (Phi) is 8.07. The van der Waals surface area contributed by atoms with Crippen molar-refractivity contribution in [2.24, 2.45) is 0 Å². The Bertz CT molecular complexity index is 625. The number of carbonyl (C=O) groups excluding carboxylic acids is 1. The summed E-state index contributed by atoms with van der Waals surface area (Å²) in [6.07, 6.45) is -0.528. The highest BCUT2D eigenvalue weighted by Gasteiger charge is 2.21. The summed E-state index contributed by atoms with van der Waals surface area (Å²) in [5.41, 5.74) is 3.43. The Balaban J connectivity index is 1.73. The standard InChI is InChI=1S/C21H35N3O3/c1-15(2)22-20(26)13-24-10-8-23(9-11-24)12-19(25)14-27-21-17(4)7-6-16(3)18(21)5/h6-7,15,19,25H,8-14H2,1-5H3,(H,22,26). The molecule has 6 nitrogen and oxygen atoms in total. The number of piperazine rings is 1. The minimum Gasteiger partial charge on any atom is -0.490 e. The zero-order chi connectivity index (χ0) is 20.0. The minimum absolute atomic E-state index is 0.0794. The molecule has 0 aromatic heterocycles. The van der Waals surface area contributed by atoms with Gasteiger partial charge in [-0.2, -0.15) is 0 Å². The van der Waals surface area contributed by atoms with Crippen LogP contribution in [0.2, 0.25) is 0 Å². The van der Waals surface area contributed by atoms with Crippen LogP contribution in [0.5, 0.6) is 5.75 Å². The molecular weight excluding hydrogens is 342 g/mol. The SMILES string of the molecule is Cc1ccc(C)c(OCC(O)CN2CCN(CC(=O)NC(C)C)CC2)c1C. The summed E-state index contributed by atoms with van der Waals surface area (Å²) < 4.78 is 5.92. The van der Waals surface area contributed by atoms with Gasteiger partial charge >= 0.3 is 0 Å². The van der Waals surface area contributed by atoms with Gasteiger partial charge in [0.25, 0.3) is 0 Å². The smallest absolute Gasteiger partial charge is 0.234 e. The molecule has 1 aliphatic heterocycles. The number of aryl methyl sites for hydroxylation is 2. The summed E-state index contributed by atoms with van der Waals surface area (Å²) in [6.45, 7) is 14.8. The fourth-order valence-electron chi connectivity index (χ4n) is 3.38. The molecule has 0 saturated carbocycles. The van der Waals surface area contributed by atoms with Gasteiger partial charge in [0.05, 0.1) is 6.54 Å². The quantitative estimate of drug-likeness (QED) is 0.719. The second kappa shape index (κ2) is 10.1. The molecule has 2 rings (SSSR count). The monoisotopic (exact) mass is 377 g/mol.